The third-order valence-electron chi connectivity index (χ3n) is 5.93. The van der Waals surface area contributed by atoms with Gasteiger partial charge in [-0.1, -0.05) is 39.7 Å². The van der Waals surface area contributed by atoms with Crippen LogP contribution >= 0.6 is 27.5 Å². The van der Waals surface area contributed by atoms with Crippen LogP contribution in [-0.4, -0.2) is 28.6 Å². The molecule has 4 aromatic rings. The Morgan fingerprint density at radius 3 is 2.51 bits per heavy atom. The fraction of sp³-hybridized carbons (Fsp3) is 0.286. The molecule has 0 fully saturated rings. The Hall–Kier alpha value is -2.83. The maximum atomic E-state index is 12.4. The van der Waals surface area contributed by atoms with Crippen molar-refractivity contribution in [2.45, 2.75) is 39.7 Å². The van der Waals surface area contributed by atoms with Crippen LogP contribution in [0, 0.1) is 13.8 Å². The number of carbonyl (C=O) groups is 1. The van der Waals surface area contributed by atoms with Gasteiger partial charge in [0.2, 0.25) is 0 Å². The minimum atomic E-state index is -0.0787. The van der Waals surface area contributed by atoms with Crippen LogP contribution in [0.4, 0.5) is 0 Å². The first kappa shape index (κ1) is 25.3. The highest BCUT2D eigenvalue weighted by Gasteiger charge is 2.12. The molecule has 5 nitrogen and oxygen atoms in total. The average molecular weight is 555 g/mol. The number of benzene rings is 3. The van der Waals surface area contributed by atoms with Gasteiger partial charge in [0.15, 0.2) is 0 Å². The van der Waals surface area contributed by atoms with E-state index >= 15 is 0 Å². The number of carbonyl (C=O) groups excluding carboxylic acids is 1. The second kappa shape index (κ2) is 11.7. The van der Waals surface area contributed by atoms with Crippen LogP contribution in [0.25, 0.3) is 11.0 Å². The van der Waals surface area contributed by atoms with Crippen molar-refractivity contribution in [2.24, 2.45) is 0 Å². The predicted octanol–water partition coefficient (Wildman–Crippen LogP) is 6.90. The third-order valence-corrected chi connectivity index (χ3v) is 7.05. The number of fused-ring (bicyclic) bond motifs is 1. The molecule has 0 aliphatic carbocycles. The topological polar surface area (TPSA) is 56.1 Å². The Kier molecular flexibility index (Phi) is 8.47. The number of ether oxygens (including phenoxy) is 1. The molecule has 0 radical (unpaired) electrons. The maximum Gasteiger partial charge on any atom is 0.251 e. The van der Waals surface area contributed by atoms with Gasteiger partial charge in [-0.3, -0.25) is 4.79 Å². The monoisotopic (exact) mass is 553 g/mol. The molecular weight excluding hydrogens is 526 g/mol. The van der Waals surface area contributed by atoms with Gasteiger partial charge in [-0.25, -0.2) is 4.98 Å². The molecule has 4 rings (SSSR count). The first-order chi connectivity index (χ1) is 16.9. The van der Waals surface area contributed by atoms with E-state index < -0.39 is 0 Å². The lowest BCUT2D eigenvalue weighted by Crippen LogP contribution is -2.26. The molecule has 0 unspecified atom stereocenters. The second-order valence-corrected chi connectivity index (χ2v) is 9.90. The molecule has 0 aliphatic rings. The highest BCUT2D eigenvalue weighted by Crippen LogP contribution is 2.26. The Morgan fingerprint density at radius 1 is 1.06 bits per heavy atom. The molecule has 0 saturated heterocycles. The summed E-state index contributed by atoms with van der Waals surface area (Å²) in [4.78, 5) is 17.3. The number of aryl methyl sites for hydroxylation is 3. The quantitative estimate of drug-likeness (QED) is 0.217. The molecular formula is C28H29BrClN3O2. The minimum absolute atomic E-state index is 0.0787. The number of unbranched alkanes of at least 4 members (excludes halogenated alkanes) is 1. The third kappa shape index (κ3) is 6.44. The normalized spacial score (nSPS) is 11.1. The number of imidazole rings is 1. The Bertz CT molecular complexity index is 1290. The van der Waals surface area contributed by atoms with Gasteiger partial charge in [-0.15, -0.1) is 0 Å². The molecule has 35 heavy (non-hydrogen) atoms. The summed E-state index contributed by atoms with van der Waals surface area (Å²) in [6.07, 6.45) is 2.55. The number of hydrogen-bond donors (Lipinski definition) is 1. The summed E-state index contributed by atoms with van der Waals surface area (Å²) in [5.41, 5.74) is 4.80. The highest BCUT2D eigenvalue weighted by molar-refractivity contribution is 9.10. The van der Waals surface area contributed by atoms with Gasteiger partial charge in [0.05, 0.1) is 17.6 Å². The number of hydrogen-bond acceptors (Lipinski definition) is 3. The van der Waals surface area contributed by atoms with Gasteiger partial charge in [-0.05, 0) is 86.3 Å². The molecule has 1 aromatic heterocycles. The van der Waals surface area contributed by atoms with Crippen LogP contribution in [0.2, 0.25) is 5.02 Å². The van der Waals surface area contributed by atoms with E-state index in [9.17, 15) is 4.79 Å². The Labute approximate surface area is 219 Å². The molecule has 1 heterocycles. The van der Waals surface area contributed by atoms with Crippen molar-refractivity contribution < 1.29 is 9.53 Å². The first-order valence-electron chi connectivity index (χ1n) is 11.8. The van der Waals surface area contributed by atoms with Crippen molar-refractivity contribution in [1.29, 1.82) is 0 Å². The van der Waals surface area contributed by atoms with Crippen molar-refractivity contribution in [1.82, 2.24) is 14.9 Å². The van der Waals surface area contributed by atoms with E-state index in [4.69, 9.17) is 21.3 Å². The summed E-state index contributed by atoms with van der Waals surface area (Å²) in [5, 5.41) is 3.81. The maximum absolute atomic E-state index is 12.4. The van der Waals surface area contributed by atoms with Gasteiger partial charge in [0, 0.05) is 34.6 Å². The predicted molar refractivity (Wildman–Crippen MR) is 146 cm³/mol. The van der Waals surface area contributed by atoms with E-state index in [1.165, 1.54) is 0 Å². The van der Waals surface area contributed by atoms with Gasteiger partial charge in [0.1, 0.15) is 11.6 Å². The molecule has 3 aromatic carbocycles. The zero-order valence-electron chi connectivity index (χ0n) is 20.0. The second-order valence-electron chi connectivity index (χ2n) is 8.61. The van der Waals surface area contributed by atoms with Crippen LogP contribution in [0.1, 0.15) is 40.2 Å². The summed E-state index contributed by atoms with van der Waals surface area (Å²) in [6, 6.07) is 19.5. The number of para-hydroxylation sites is 2. The van der Waals surface area contributed by atoms with E-state index in [0.29, 0.717) is 25.1 Å². The highest BCUT2D eigenvalue weighted by atomic mass is 79.9. The van der Waals surface area contributed by atoms with Crippen molar-refractivity contribution in [3.05, 3.63) is 92.7 Å². The van der Waals surface area contributed by atoms with Crippen LogP contribution in [0.15, 0.2) is 65.1 Å². The van der Waals surface area contributed by atoms with Crippen molar-refractivity contribution in [2.75, 3.05) is 13.2 Å². The fourth-order valence-corrected chi connectivity index (χ4v) is 4.48. The number of aromatic nitrogens is 2. The lowest BCUT2D eigenvalue weighted by Gasteiger charge is -2.12. The van der Waals surface area contributed by atoms with E-state index in [-0.39, 0.29) is 5.91 Å². The van der Waals surface area contributed by atoms with Crippen LogP contribution < -0.4 is 10.1 Å². The smallest absolute Gasteiger partial charge is 0.251 e. The first-order valence-corrected chi connectivity index (χ1v) is 13.0. The van der Waals surface area contributed by atoms with Crippen LogP contribution in [0.5, 0.6) is 5.75 Å². The van der Waals surface area contributed by atoms with E-state index in [0.717, 1.165) is 62.6 Å². The van der Waals surface area contributed by atoms with E-state index in [2.05, 4.69) is 31.9 Å². The lowest BCUT2D eigenvalue weighted by atomic mass is 10.1. The fourth-order valence-electron chi connectivity index (χ4n) is 4.11. The average Bonchev–Trinajstić information content (AvgIpc) is 3.20. The van der Waals surface area contributed by atoms with Gasteiger partial charge >= 0.3 is 0 Å². The standard InChI is InChI=1S/C28H29BrClN3O2/c1-19-17-23(18-20(2)27(19)30)35-16-6-5-15-33-25-8-4-3-7-24(25)32-26(33)13-14-31-28(34)21-9-11-22(29)12-10-21/h3-4,7-12,17-18H,5-6,13-16H2,1-2H3,(H,31,34). The SMILES string of the molecule is Cc1cc(OCCCCn2c(CCNC(=O)c3ccc(Br)cc3)nc3ccccc32)cc(C)c1Cl. The Balaban J connectivity index is 1.33. The van der Waals surface area contributed by atoms with E-state index in [1.807, 2.05) is 68.4 Å². The summed E-state index contributed by atoms with van der Waals surface area (Å²) in [6.45, 7) is 6.01. The molecule has 1 N–H and O–H groups in total. The summed E-state index contributed by atoms with van der Waals surface area (Å²) in [7, 11) is 0. The molecule has 7 heteroatoms. The molecule has 0 bridgehead atoms. The Morgan fingerprint density at radius 2 is 1.77 bits per heavy atom. The zero-order chi connectivity index (χ0) is 24.8. The number of nitrogens with one attached hydrogen (secondary N) is 1. The molecule has 0 spiro atoms. The molecule has 0 atom stereocenters. The number of amides is 1. The van der Waals surface area contributed by atoms with Crippen LogP contribution in [0.3, 0.4) is 0 Å². The molecule has 0 saturated carbocycles. The number of rotatable bonds is 10. The van der Waals surface area contributed by atoms with Gasteiger partial charge < -0.3 is 14.6 Å². The molecule has 182 valence electrons. The number of halogens is 2. The lowest BCUT2D eigenvalue weighted by molar-refractivity contribution is 0.0954. The molecule has 1 amide bonds. The van der Waals surface area contributed by atoms with Gasteiger partial charge in [0.25, 0.3) is 5.91 Å². The van der Waals surface area contributed by atoms with E-state index in [1.54, 1.807) is 0 Å². The van der Waals surface area contributed by atoms with Crippen molar-refractivity contribution in [3.8, 4) is 5.75 Å². The van der Waals surface area contributed by atoms with Crippen molar-refractivity contribution >= 4 is 44.5 Å². The summed E-state index contributed by atoms with van der Waals surface area (Å²) in [5.74, 6) is 1.76. The zero-order valence-corrected chi connectivity index (χ0v) is 22.3. The van der Waals surface area contributed by atoms with Crippen LogP contribution in [-0.2, 0) is 13.0 Å². The van der Waals surface area contributed by atoms with Gasteiger partial charge in [-0.2, -0.15) is 0 Å². The molecule has 0 aliphatic heterocycles. The number of nitrogens with zero attached hydrogens (tertiary/aromatic N) is 2. The minimum Gasteiger partial charge on any atom is -0.494 e. The summed E-state index contributed by atoms with van der Waals surface area (Å²) >= 11 is 9.65. The summed E-state index contributed by atoms with van der Waals surface area (Å²) < 4.78 is 9.18. The largest absolute Gasteiger partial charge is 0.494 e. The van der Waals surface area contributed by atoms with Crippen molar-refractivity contribution in [3.63, 3.8) is 0 Å².